The molecule has 1 aliphatic heterocycles. The first kappa shape index (κ1) is 27.8. The summed E-state index contributed by atoms with van der Waals surface area (Å²) >= 11 is 0. The molecule has 1 aromatic heterocycles. The fourth-order valence-electron chi connectivity index (χ4n) is 4.74. The maximum Gasteiger partial charge on any atom is 0.243 e. The number of rotatable bonds is 11. The summed E-state index contributed by atoms with van der Waals surface area (Å²) in [4.78, 5) is 0.136. The molecule has 0 bridgehead atoms. The monoisotopic (exact) mass is 565 g/mol. The largest absolute Gasteiger partial charge is 0.497 e. The second-order valence-corrected chi connectivity index (χ2v) is 11.4. The van der Waals surface area contributed by atoms with Crippen LogP contribution in [-0.2, 0) is 27.7 Å². The normalized spacial score (nSPS) is 15.4. The number of halogens is 1. The van der Waals surface area contributed by atoms with Crippen LogP contribution in [0.1, 0.15) is 31.0 Å². The third-order valence-corrected chi connectivity index (χ3v) is 8.69. The number of sulfonamides is 1. The molecule has 3 aromatic carbocycles. The second-order valence-electron chi connectivity index (χ2n) is 9.47. The van der Waals surface area contributed by atoms with E-state index < -0.39 is 15.8 Å². The molecule has 10 heteroatoms. The Bertz CT molecular complexity index is 1540. The van der Waals surface area contributed by atoms with Gasteiger partial charge in [0.05, 0.1) is 35.1 Å². The SMILES string of the molecule is CCc1nn(-c2ccccc2)c(Oc2ccccc2F)c1CN(CC1CCCO1)S(=O)(=O)c1ccc(OC)cc1. The van der Waals surface area contributed by atoms with Crippen LogP contribution in [0, 0.1) is 5.82 Å². The summed E-state index contributed by atoms with van der Waals surface area (Å²) in [6.45, 7) is 2.66. The van der Waals surface area contributed by atoms with E-state index in [1.807, 2.05) is 37.3 Å². The molecule has 1 unspecified atom stereocenters. The lowest BCUT2D eigenvalue weighted by atomic mass is 10.2. The van der Waals surface area contributed by atoms with Crippen molar-refractivity contribution in [2.45, 2.75) is 43.7 Å². The average molecular weight is 566 g/mol. The Morgan fingerprint density at radius 3 is 2.42 bits per heavy atom. The number of hydrogen-bond acceptors (Lipinski definition) is 6. The summed E-state index contributed by atoms with van der Waals surface area (Å²) in [5, 5.41) is 4.79. The van der Waals surface area contributed by atoms with Gasteiger partial charge in [-0.05, 0) is 67.8 Å². The highest BCUT2D eigenvalue weighted by atomic mass is 32.2. The Kier molecular flexibility index (Phi) is 8.49. The van der Waals surface area contributed by atoms with Crippen LogP contribution in [-0.4, -0.2) is 48.9 Å². The molecular weight excluding hydrogens is 533 g/mol. The molecule has 0 saturated carbocycles. The topological polar surface area (TPSA) is 82.9 Å². The molecular formula is C30H32FN3O5S. The van der Waals surface area contributed by atoms with E-state index in [9.17, 15) is 12.8 Å². The fourth-order valence-corrected chi connectivity index (χ4v) is 6.18. The van der Waals surface area contributed by atoms with Crippen LogP contribution >= 0.6 is 0 Å². The van der Waals surface area contributed by atoms with Gasteiger partial charge in [0.1, 0.15) is 5.75 Å². The zero-order valence-corrected chi connectivity index (χ0v) is 23.3. The molecule has 0 spiro atoms. The summed E-state index contributed by atoms with van der Waals surface area (Å²) in [6, 6.07) is 21.8. The van der Waals surface area contributed by atoms with Gasteiger partial charge in [-0.2, -0.15) is 9.40 Å². The van der Waals surface area contributed by atoms with Gasteiger partial charge in [-0.3, -0.25) is 0 Å². The van der Waals surface area contributed by atoms with E-state index in [-0.39, 0.29) is 35.7 Å². The number of nitrogens with zero attached hydrogens (tertiary/aromatic N) is 3. The Morgan fingerprint density at radius 2 is 1.77 bits per heavy atom. The highest BCUT2D eigenvalue weighted by molar-refractivity contribution is 7.89. The lowest BCUT2D eigenvalue weighted by Crippen LogP contribution is -2.37. The van der Waals surface area contributed by atoms with Crippen LogP contribution < -0.4 is 9.47 Å². The number of aryl methyl sites for hydroxylation is 1. The summed E-state index contributed by atoms with van der Waals surface area (Å²) in [7, 11) is -2.43. The van der Waals surface area contributed by atoms with Gasteiger partial charge in [0.15, 0.2) is 11.6 Å². The quantitative estimate of drug-likeness (QED) is 0.231. The Labute approximate surface area is 234 Å². The highest BCUT2D eigenvalue weighted by Crippen LogP contribution is 2.35. The molecule has 0 N–H and O–H groups in total. The van der Waals surface area contributed by atoms with Crippen LogP contribution in [0.2, 0.25) is 0 Å². The van der Waals surface area contributed by atoms with Crippen molar-refractivity contribution < 1.29 is 27.0 Å². The minimum Gasteiger partial charge on any atom is -0.497 e. The van der Waals surface area contributed by atoms with Crippen molar-refractivity contribution in [3.05, 3.63) is 95.9 Å². The van der Waals surface area contributed by atoms with E-state index in [0.29, 0.717) is 35.7 Å². The van der Waals surface area contributed by atoms with Crippen LogP contribution in [0.4, 0.5) is 4.39 Å². The van der Waals surface area contributed by atoms with Gasteiger partial charge in [-0.25, -0.2) is 17.5 Å². The maximum atomic E-state index is 14.7. The first-order valence-corrected chi connectivity index (χ1v) is 14.7. The molecule has 210 valence electrons. The minimum absolute atomic E-state index is 0.0205. The standard InChI is InChI=1S/C30H32FN3O5S/c1-3-28-26(30(39-29-14-8-7-13-27(29)31)34(32-28)22-10-5-4-6-11-22)21-33(20-24-12-9-19-38-24)40(35,36)25-17-15-23(37-2)16-18-25/h4-8,10-11,13-18,24H,3,9,12,19-21H2,1-2H3. The average Bonchev–Trinajstić information content (AvgIpc) is 3.62. The van der Waals surface area contributed by atoms with Crippen molar-refractivity contribution in [1.29, 1.82) is 0 Å². The van der Waals surface area contributed by atoms with Crippen LogP contribution in [0.3, 0.4) is 0 Å². The Hall–Kier alpha value is -3.73. The molecule has 4 aromatic rings. The number of methoxy groups -OCH3 is 1. The van der Waals surface area contributed by atoms with Gasteiger partial charge in [0, 0.05) is 19.7 Å². The number of benzene rings is 3. The Morgan fingerprint density at radius 1 is 1.05 bits per heavy atom. The van der Waals surface area contributed by atoms with Crippen LogP contribution in [0.25, 0.3) is 5.69 Å². The zero-order valence-electron chi connectivity index (χ0n) is 22.5. The molecule has 8 nitrogen and oxygen atoms in total. The summed E-state index contributed by atoms with van der Waals surface area (Å²) in [5.41, 5.74) is 1.92. The first-order chi connectivity index (χ1) is 19.4. The number of aromatic nitrogens is 2. The third-order valence-electron chi connectivity index (χ3n) is 6.86. The van der Waals surface area contributed by atoms with Gasteiger partial charge in [-0.1, -0.05) is 37.3 Å². The van der Waals surface area contributed by atoms with Gasteiger partial charge >= 0.3 is 0 Å². The Balaban J connectivity index is 1.61. The molecule has 1 aliphatic rings. The molecule has 40 heavy (non-hydrogen) atoms. The predicted molar refractivity (Wildman–Crippen MR) is 149 cm³/mol. The smallest absolute Gasteiger partial charge is 0.243 e. The molecule has 5 rings (SSSR count). The lowest BCUT2D eigenvalue weighted by molar-refractivity contribution is 0.0924. The van der Waals surface area contributed by atoms with Crippen molar-refractivity contribution in [2.24, 2.45) is 0 Å². The van der Waals surface area contributed by atoms with Gasteiger partial charge in [-0.15, -0.1) is 0 Å². The van der Waals surface area contributed by atoms with Crippen molar-refractivity contribution in [3.63, 3.8) is 0 Å². The fraction of sp³-hybridized carbons (Fsp3) is 0.300. The van der Waals surface area contributed by atoms with E-state index in [1.165, 1.54) is 35.7 Å². The van der Waals surface area contributed by atoms with Gasteiger partial charge in [0.25, 0.3) is 0 Å². The van der Waals surface area contributed by atoms with E-state index in [0.717, 1.165) is 12.8 Å². The molecule has 0 radical (unpaired) electrons. The maximum absolute atomic E-state index is 14.7. The van der Waals surface area contributed by atoms with Crippen LogP contribution in [0.5, 0.6) is 17.4 Å². The number of para-hydroxylation sites is 2. The molecule has 1 fully saturated rings. The molecule has 0 amide bonds. The highest BCUT2D eigenvalue weighted by Gasteiger charge is 2.33. The van der Waals surface area contributed by atoms with Gasteiger partial charge in [0.2, 0.25) is 15.9 Å². The zero-order chi connectivity index (χ0) is 28.1. The summed E-state index contributed by atoms with van der Waals surface area (Å²) < 4.78 is 63.0. The lowest BCUT2D eigenvalue weighted by Gasteiger charge is -2.25. The van der Waals surface area contributed by atoms with E-state index in [4.69, 9.17) is 19.3 Å². The van der Waals surface area contributed by atoms with E-state index in [1.54, 1.807) is 28.9 Å². The molecule has 0 aliphatic carbocycles. The molecule has 1 atom stereocenters. The van der Waals surface area contributed by atoms with Crippen molar-refractivity contribution in [1.82, 2.24) is 14.1 Å². The van der Waals surface area contributed by atoms with Crippen molar-refractivity contribution >= 4 is 10.0 Å². The van der Waals surface area contributed by atoms with Crippen LogP contribution in [0.15, 0.2) is 83.8 Å². The number of hydrogen-bond donors (Lipinski definition) is 0. The summed E-state index contributed by atoms with van der Waals surface area (Å²) in [5.74, 6) is 0.305. The molecule has 1 saturated heterocycles. The van der Waals surface area contributed by atoms with E-state index in [2.05, 4.69) is 0 Å². The third kappa shape index (κ3) is 5.89. The van der Waals surface area contributed by atoms with Crippen molar-refractivity contribution in [3.8, 4) is 23.1 Å². The number of ether oxygens (including phenoxy) is 3. The van der Waals surface area contributed by atoms with Crippen molar-refractivity contribution in [2.75, 3.05) is 20.3 Å². The molecule has 2 heterocycles. The minimum atomic E-state index is -3.96. The first-order valence-electron chi connectivity index (χ1n) is 13.2. The van der Waals surface area contributed by atoms with Gasteiger partial charge < -0.3 is 14.2 Å². The summed E-state index contributed by atoms with van der Waals surface area (Å²) in [6.07, 6.45) is 1.91. The predicted octanol–water partition coefficient (Wildman–Crippen LogP) is 5.74. The second kappa shape index (κ2) is 12.2. The van der Waals surface area contributed by atoms with E-state index >= 15 is 0 Å².